The number of carbonyl (C=O) groups is 1. The highest BCUT2D eigenvalue weighted by molar-refractivity contribution is 5.84. The van der Waals surface area contributed by atoms with Crippen molar-refractivity contribution < 1.29 is 4.79 Å². The van der Waals surface area contributed by atoms with E-state index in [4.69, 9.17) is 4.98 Å². The van der Waals surface area contributed by atoms with E-state index in [1.807, 2.05) is 43.8 Å². The van der Waals surface area contributed by atoms with E-state index < -0.39 is 0 Å². The number of nitrogens with one attached hydrogen (secondary N) is 1. The smallest absolute Gasteiger partial charge is 0.220 e. The second-order valence-corrected chi connectivity index (χ2v) is 6.79. The number of carbonyl (C=O) groups excluding carboxylic acids is 1. The lowest BCUT2D eigenvalue weighted by Crippen LogP contribution is -2.26. The molecule has 2 heterocycles. The van der Waals surface area contributed by atoms with Crippen LogP contribution in [0.15, 0.2) is 30.3 Å². The molecular formula is C21H26N4O. The van der Waals surface area contributed by atoms with Gasteiger partial charge in [-0.2, -0.15) is 5.10 Å². The molecule has 136 valence electrons. The summed E-state index contributed by atoms with van der Waals surface area (Å²) in [5, 5.41) is 8.60. The molecular weight excluding hydrogens is 324 g/mol. The van der Waals surface area contributed by atoms with E-state index in [-0.39, 0.29) is 5.91 Å². The van der Waals surface area contributed by atoms with Crippen LogP contribution in [0.1, 0.15) is 34.5 Å². The van der Waals surface area contributed by atoms with Crippen molar-refractivity contribution in [2.24, 2.45) is 7.05 Å². The maximum absolute atomic E-state index is 12.2. The van der Waals surface area contributed by atoms with E-state index >= 15 is 0 Å². The number of hydrogen-bond donors (Lipinski definition) is 1. The minimum Gasteiger partial charge on any atom is -0.356 e. The molecule has 0 aliphatic heterocycles. The summed E-state index contributed by atoms with van der Waals surface area (Å²) in [5.41, 5.74) is 6.47. The predicted octanol–water partition coefficient (Wildman–Crippen LogP) is 3.19. The van der Waals surface area contributed by atoms with Crippen molar-refractivity contribution >= 4 is 16.9 Å². The van der Waals surface area contributed by atoms with Gasteiger partial charge in [-0.1, -0.05) is 30.3 Å². The first kappa shape index (κ1) is 18.1. The zero-order valence-corrected chi connectivity index (χ0v) is 16.0. The van der Waals surface area contributed by atoms with Gasteiger partial charge in [0.2, 0.25) is 5.91 Å². The number of rotatable bonds is 6. The number of aryl methyl sites for hydroxylation is 4. The van der Waals surface area contributed by atoms with Crippen LogP contribution in [0.25, 0.3) is 11.0 Å². The Bertz CT molecular complexity index is 928. The Hall–Kier alpha value is -2.69. The van der Waals surface area contributed by atoms with Gasteiger partial charge in [-0.15, -0.1) is 0 Å². The molecule has 3 aromatic rings. The second kappa shape index (κ2) is 7.68. The molecule has 26 heavy (non-hydrogen) atoms. The zero-order chi connectivity index (χ0) is 18.7. The first-order chi connectivity index (χ1) is 12.5. The van der Waals surface area contributed by atoms with E-state index in [0.717, 1.165) is 34.4 Å². The summed E-state index contributed by atoms with van der Waals surface area (Å²) >= 11 is 0. The summed E-state index contributed by atoms with van der Waals surface area (Å²) in [7, 11) is 1.92. The van der Waals surface area contributed by atoms with Gasteiger partial charge >= 0.3 is 0 Å². The Morgan fingerprint density at radius 2 is 1.81 bits per heavy atom. The van der Waals surface area contributed by atoms with Crippen molar-refractivity contribution in [3.05, 3.63) is 58.4 Å². The Morgan fingerprint density at radius 3 is 2.54 bits per heavy atom. The van der Waals surface area contributed by atoms with Crippen molar-refractivity contribution in [2.75, 3.05) is 6.54 Å². The normalized spacial score (nSPS) is 11.1. The van der Waals surface area contributed by atoms with Gasteiger partial charge in [0.15, 0.2) is 5.65 Å². The van der Waals surface area contributed by atoms with Crippen molar-refractivity contribution in [1.29, 1.82) is 0 Å². The van der Waals surface area contributed by atoms with Crippen LogP contribution in [-0.4, -0.2) is 27.2 Å². The Labute approximate surface area is 154 Å². The van der Waals surface area contributed by atoms with Gasteiger partial charge in [0, 0.05) is 31.1 Å². The number of aromatic nitrogens is 3. The quantitative estimate of drug-likeness (QED) is 0.743. The van der Waals surface area contributed by atoms with Crippen LogP contribution < -0.4 is 5.32 Å². The fraction of sp³-hybridized carbons (Fsp3) is 0.381. The molecule has 0 atom stereocenters. The molecule has 0 saturated carbocycles. The van der Waals surface area contributed by atoms with E-state index in [1.54, 1.807) is 0 Å². The van der Waals surface area contributed by atoms with Crippen molar-refractivity contribution in [3.63, 3.8) is 0 Å². The largest absolute Gasteiger partial charge is 0.356 e. The summed E-state index contributed by atoms with van der Waals surface area (Å²) in [6.07, 6.45) is 2.03. The molecule has 3 rings (SSSR count). The van der Waals surface area contributed by atoms with Gasteiger partial charge in [0.1, 0.15) is 0 Å². The van der Waals surface area contributed by atoms with Gasteiger partial charge in [-0.3, -0.25) is 9.48 Å². The minimum absolute atomic E-state index is 0.0859. The molecule has 2 aromatic heterocycles. The van der Waals surface area contributed by atoms with Crippen LogP contribution in [0.2, 0.25) is 0 Å². The van der Waals surface area contributed by atoms with Gasteiger partial charge < -0.3 is 5.32 Å². The van der Waals surface area contributed by atoms with Crippen LogP contribution in [0, 0.1) is 20.8 Å². The lowest BCUT2D eigenvalue weighted by molar-refractivity contribution is -0.121. The molecule has 0 aliphatic carbocycles. The molecule has 0 spiro atoms. The highest BCUT2D eigenvalue weighted by Crippen LogP contribution is 2.25. The lowest BCUT2D eigenvalue weighted by Gasteiger charge is -2.11. The highest BCUT2D eigenvalue weighted by Gasteiger charge is 2.16. The van der Waals surface area contributed by atoms with E-state index in [9.17, 15) is 4.79 Å². The second-order valence-electron chi connectivity index (χ2n) is 6.79. The summed E-state index contributed by atoms with van der Waals surface area (Å²) < 4.78 is 1.82. The topological polar surface area (TPSA) is 59.8 Å². The van der Waals surface area contributed by atoms with Crippen molar-refractivity contribution in [1.82, 2.24) is 20.1 Å². The average molecular weight is 350 g/mol. The number of nitrogens with zero attached hydrogens (tertiary/aromatic N) is 3. The molecule has 0 radical (unpaired) electrons. The molecule has 0 aliphatic rings. The average Bonchev–Trinajstić information content (AvgIpc) is 2.89. The zero-order valence-electron chi connectivity index (χ0n) is 16.0. The molecule has 1 N–H and O–H groups in total. The Kier molecular flexibility index (Phi) is 5.35. The van der Waals surface area contributed by atoms with E-state index in [0.29, 0.717) is 19.4 Å². The molecule has 5 nitrogen and oxygen atoms in total. The monoisotopic (exact) mass is 350 g/mol. The molecule has 1 aromatic carbocycles. The van der Waals surface area contributed by atoms with Gasteiger partial charge in [0.05, 0.1) is 5.69 Å². The summed E-state index contributed by atoms with van der Waals surface area (Å²) in [5.74, 6) is 0.0859. The van der Waals surface area contributed by atoms with E-state index in [2.05, 4.69) is 29.5 Å². The van der Waals surface area contributed by atoms with Crippen molar-refractivity contribution in [2.45, 2.75) is 40.0 Å². The van der Waals surface area contributed by atoms with E-state index in [1.165, 1.54) is 11.1 Å². The SMILES string of the molecule is Cc1nc2c(c(C)nn2C)c(C)c1CCC(=O)NCCc1ccccc1. The molecule has 1 amide bonds. The van der Waals surface area contributed by atoms with Crippen LogP contribution >= 0.6 is 0 Å². The molecule has 0 unspecified atom stereocenters. The highest BCUT2D eigenvalue weighted by atomic mass is 16.1. The summed E-state index contributed by atoms with van der Waals surface area (Å²) in [4.78, 5) is 16.9. The number of amides is 1. The number of fused-ring (bicyclic) bond motifs is 1. The molecule has 5 heteroatoms. The number of hydrogen-bond acceptors (Lipinski definition) is 3. The third kappa shape index (κ3) is 3.77. The standard InChI is InChI=1S/C21H26N4O/c1-14-18(15(2)23-21-20(14)16(3)24-25(21)4)10-11-19(26)22-13-12-17-8-6-5-7-9-17/h5-9H,10-13H2,1-4H3,(H,22,26). The van der Waals surface area contributed by atoms with Gasteiger partial charge in [-0.05, 0) is 50.3 Å². The number of pyridine rings is 1. The summed E-state index contributed by atoms with van der Waals surface area (Å²) in [6.45, 7) is 6.79. The first-order valence-electron chi connectivity index (χ1n) is 9.07. The van der Waals surface area contributed by atoms with Crippen LogP contribution in [-0.2, 0) is 24.7 Å². The Morgan fingerprint density at radius 1 is 1.08 bits per heavy atom. The maximum atomic E-state index is 12.2. The maximum Gasteiger partial charge on any atom is 0.220 e. The fourth-order valence-corrected chi connectivity index (χ4v) is 3.55. The Balaban J connectivity index is 1.62. The molecule has 0 bridgehead atoms. The minimum atomic E-state index is 0.0859. The third-order valence-corrected chi connectivity index (χ3v) is 4.91. The molecule has 0 fully saturated rings. The first-order valence-corrected chi connectivity index (χ1v) is 9.07. The predicted molar refractivity (Wildman–Crippen MR) is 104 cm³/mol. The van der Waals surface area contributed by atoms with Gasteiger partial charge in [-0.25, -0.2) is 4.98 Å². The summed E-state index contributed by atoms with van der Waals surface area (Å²) in [6, 6.07) is 10.2. The lowest BCUT2D eigenvalue weighted by atomic mass is 9.99. The van der Waals surface area contributed by atoms with Crippen LogP contribution in [0.4, 0.5) is 0 Å². The molecule has 0 saturated heterocycles. The van der Waals surface area contributed by atoms with Crippen LogP contribution in [0.5, 0.6) is 0 Å². The number of benzene rings is 1. The van der Waals surface area contributed by atoms with Crippen molar-refractivity contribution in [3.8, 4) is 0 Å². The van der Waals surface area contributed by atoms with Crippen LogP contribution in [0.3, 0.4) is 0 Å². The third-order valence-electron chi connectivity index (χ3n) is 4.91. The fourth-order valence-electron chi connectivity index (χ4n) is 3.55. The van der Waals surface area contributed by atoms with Gasteiger partial charge in [0.25, 0.3) is 0 Å².